The molecule has 29 heavy (non-hydrogen) atoms. The van der Waals surface area contributed by atoms with Gasteiger partial charge in [0.15, 0.2) is 5.96 Å². The quantitative estimate of drug-likeness (QED) is 0.267. The molecule has 1 aromatic carbocycles. The first kappa shape index (κ1) is 23.4. The van der Waals surface area contributed by atoms with Gasteiger partial charge in [0, 0.05) is 44.9 Å². The van der Waals surface area contributed by atoms with Crippen LogP contribution in [0.15, 0.2) is 41.7 Å². The highest BCUT2D eigenvalue weighted by Crippen LogP contribution is 2.16. The fourth-order valence-electron chi connectivity index (χ4n) is 3.01. The van der Waals surface area contributed by atoms with Gasteiger partial charge in [-0.05, 0) is 17.7 Å². The van der Waals surface area contributed by atoms with Crippen molar-refractivity contribution >= 4 is 53.1 Å². The lowest BCUT2D eigenvalue weighted by molar-refractivity contribution is -0.120. The third kappa shape index (κ3) is 6.58. The summed E-state index contributed by atoms with van der Waals surface area (Å²) in [5.74, 6) is 0.732. The zero-order valence-electron chi connectivity index (χ0n) is 16.5. The maximum absolute atomic E-state index is 12.5. The molecule has 0 spiro atoms. The Hall–Kier alpha value is -1.85. The van der Waals surface area contributed by atoms with Crippen molar-refractivity contribution in [3.63, 3.8) is 0 Å². The van der Waals surface area contributed by atoms with E-state index in [1.54, 1.807) is 22.8 Å². The van der Waals surface area contributed by atoms with Crippen molar-refractivity contribution in [2.75, 3.05) is 44.7 Å². The number of carbonyl (C=O) groups excluding carboxylic acids is 1. The zero-order chi connectivity index (χ0) is 19.9. The van der Waals surface area contributed by atoms with E-state index >= 15 is 0 Å². The van der Waals surface area contributed by atoms with Crippen molar-refractivity contribution in [2.24, 2.45) is 12.0 Å². The van der Waals surface area contributed by atoms with E-state index in [2.05, 4.69) is 15.4 Å². The number of aryl methyl sites for hydroxylation is 1. The Balaban J connectivity index is 0.00000300. The second-order valence-electron chi connectivity index (χ2n) is 6.49. The van der Waals surface area contributed by atoms with E-state index in [1.165, 1.54) is 0 Å². The first-order chi connectivity index (χ1) is 13.6. The monoisotopic (exact) mass is 532 g/mol. The molecule has 158 valence electrons. The fourth-order valence-corrected chi connectivity index (χ4v) is 3.14. The third-order valence-electron chi connectivity index (χ3n) is 4.45. The van der Waals surface area contributed by atoms with Crippen LogP contribution in [0.1, 0.15) is 5.56 Å². The molecule has 1 saturated heterocycles. The molecule has 1 N–H and O–H groups in total. The highest BCUT2D eigenvalue weighted by molar-refractivity contribution is 14.0. The molecular formula is C19H26ClIN6O2. The number of amides is 1. The average molecular weight is 533 g/mol. The number of carbonyl (C=O) groups is 1. The minimum atomic E-state index is 0. The van der Waals surface area contributed by atoms with Crippen LogP contribution in [-0.4, -0.2) is 66.4 Å². The lowest BCUT2D eigenvalue weighted by Crippen LogP contribution is -2.55. The molecule has 8 nitrogen and oxygen atoms in total. The summed E-state index contributed by atoms with van der Waals surface area (Å²) in [5.41, 5.74) is 1.90. The topological polar surface area (TPSA) is 75.0 Å². The molecule has 1 amide bonds. The molecule has 1 fully saturated rings. The number of aromatic nitrogens is 2. The summed E-state index contributed by atoms with van der Waals surface area (Å²) in [4.78, 5) is 20.5. The summed E-state index contributed by atoms with van der Waals surface area (Å²) in [5, 5.41) is 8.10. The summed E-state index contributed by atoms with van der Waals surface area (Å²) in [6.07, 6.45) is 3.55. The lowest BCUT2D eigenvalue weighted by atomic mass is 10.2. The molecule has 0 radical (unpaired) electrons. The van der Waals surface area contributed by atoms with Crippen molar-refractivity contribution in [1.29, 1.82) is 0 Å². The van der Waals surface area contributed by atoms with Crippen molar-refractivity contribution in [3.05, 3.63) is 47.2 Å². The SMILES string of the molecule is CN=C(NCCOCc1ccc(Cl)cc1)N1CCN(c2cnn(C)c2)C(=O)C1.I. The van der Waals surface area contributed by atoms with Crippen LogP contribution in [0.2, 0.25) is 5.02 Å². The summed E-state index contributed by atoms with van der Waals surface area (Å²) >= 11 is 5.88. The van der Waals surface area contributed by atoms with E-state index in [4.69, 9.17) is 16.3 Å². The maximum atomic E-state index is 12.5. The molecule has 3 rings (SSSR count). The van der Waals surface area contributed by atoms with Crippen LogP contribution in [-0.2, 0) is 23.2 Å². The number of ether oxygens (including phenoxy) is 1. The molecule has 0 unspecified atom stereocenters. The van der Waals surface area contributed by atoms with E-state index < -0.39 is 0 Å². The first-order valence-corrected chi connectivity index (χ1v) is 9.51. The van der Waals surface area contributed by atoms with Gasteiger partial charge in [0.25, 0.3) is 0 Å². The van der Waals surface area contributed by atoms with Crippen LogP contribution < -0.4 is 10.2 Å². The molecule has 2 aromatic rings. The van der Waals surface area contributed by atoms with Gasteiger partial charge >= 0.3 is 0 Å². The number of halogens is 2. The van der Waals surface area contributed by atoms with E-state index in [9.17, 15) is 4.79 Å². The van der Waals surface area contributed by atoms with Gasteiger partial charge in [0.2, 0.25) is 5.91 Å². The van der Waals surface area contributed by atoms with Crippen molar-refractivity contribution < 1.29 is 9.53 Å². The second kappa shape index (κ2) is 11.4. The van der Waals surface area contributed by atoms with E-state index in [0.717, 1.165) is 11.3 Å². The lowest BCUT2D eigenvalue weighted by Gasteiger charge is -2.35. The Labute approximate surface area is 192 Å². The highest BCUT2D eigenvalue weighted by Gasteiger charge is 2.27. The Morgan fingerprint density at radius 1 is 1.31 bits per heavy atom. The smallest absolute Gasteiger partial charge is 0.246 e. The van der Waals surface area contributed by atoms with Crippen LogP contribution in [0.5, 0.6) is 0 Å². The van der Waals surface area contributed by atoms with Crippen LogP contribution in [0, 0.1) is 0 Å². The van der Waals surface area contributed by atoms with Gasteiger partial charge in [-0.3, -0.25) is 14.5 Å². The molecule has 0 atom stereocenters. The molecule has 2 heterocycles. The molecular weight excluding hydrogens is 507 g/mol. The molecule has 0 aliphatic carbocycles. The maximum Gasteiger partial charge on any atom is 0.246 e. The minimum absolute atomic E-state index is 0. The largest absolute Gasteiger partial charge is 0.375 e. The highest BCUT2D eigenvalue weighted by atomic mass is 127. The predicted octanol–water partition coefficient (Wildman–Crippen LogP) is 2.13. The third-order valence-corrected chi connectivity index (χ3v) is 4.70. The summed E-state index contributed by atoms with van der Waals surface area (Å²) in [6, 6.07) is 7.59. The number of anilines is 1. The number of nitrogens with zero attached hydrogens (tertiary/aromatic N) is 5. The molecule has 1 aromatic heterocycles. The average Bonchev–Trinajstić information content (AvgIpc) is 3.12. The molecule has 0 saturated carbocycles. The van der Waals surface area contributed by atoms with Crippen LogP contribution >= 0.6 is 35.6 Å². The molecule has 10 heteroatoms. The Kier molecular flexibility index (Phi) is 9.18. The van der Waals surface area contributed by atoms with Gasteiger partial charge in [-0.2, -0.15) is 5.10 Å². The standard InChI is InChI=1S/C19H25ClN6O2.HI/c1-21-19(22-7-10-28-14-15-3-5-16(20)6-4-15)25-8-9-26(18(27)13-25)17-11-23-24(2)12-17;/h3-6,11-12H,7-10,13-14H2,1-2H3,(H,21,22);1H. The van der Waals surface area contributed by atoms with Crippen LogP contribution in [0.4, 0.5) is 5.69 Å². The molecule has 0 bridgehead atoms. The minimum Gasteiger partial charge on any atom is -0.375 e. The number of benzene rings is 1. The summed E-state index contributed by atoms with van der Waals surface area (Å²) in [6.45, 7) is 3.24. The summed E-state index contributed by atoms with van der Waals surface area (Å²) < 4.78 is 7.37. The number of nitrogens with one attached hydrogen (secondary N) is 1. The predicted molar refractivity (Wildman–Crippen MR) is 125 cm³/mol. The number of aliphatic imine (C=N–C) groups is 1. The first-order valence-electron chi connectivity index (χ1n) is 9.13. The normalized spacial score (nSPS) is 14.7. The molecule has 1 aliphatic heterocycles. The van der Waals surface area contributed by atoms with Crippen molar-refractivity contribution in [1.82, 2.24) is 20.0 Å². The Morgan fingerprint density at radius 2 is 2.07 bits per heavy atom. The Bertz CT molecular complexity index is 826. The number of guanidine groups is 1. The van der Waals surface area contributed by atoms with Gasteiger partial charge in [-0.15, -0.1) is 24.0 Å². The van der Waals surface area contributed by atoms with Crippen molar-refractivity contribution in [3.8, 4) is 0 Å². The van der Waals surface area contributed by atoms with E-state index in [-0.39, 0.29) is 36.4 Å². The van der Waals surface area contributed by atoms with Gasteiger partial charge in [0.1, 0.15) is 6.54 Å². The molecule has 1 aliphatic rings. The number of piperazine rings is 1. The summed E-state index contributed by atoms with van der Waals surface area (Å²) in [7, 11) is 3.56. The number of rotatable bonds is 6. The van der Waals surface area contributed by atoms with Gasteiger partial charge in [-0.25, -0.2) is 0 Å². The van der Waals surface area contributed by atoms with Crippen LogP contribution in [0.25, 0.3) is 0 Å². The number of hydrogen-bond donors (Lipinski definition) is 1. The van der Waals surface area contributed by atoms with Gasteiger partial charge in [-0.1, -0.05) is 23.7 Å². The van der Waals surface area contributed by atoms with Gasteiger partial charge < -0.3 is 19.9 Å². The Morgan fingerprint density at radius 3 is 2.69 bits per heavy atom. The number of hydrogen-bond acceptors (Lipinski definition) is 4. The fraction of sp³-hybridized carbons (Fsp3) is 0.421. The van der Waals surface area contributed by atoms with Gasteiger partial charge in [0.05, 0.1) is 25.1 Å². The van der Waals surface area contributed by atoms with E-state index in [0.29, 0.717) is 43.8 Å². The van der Waals surface area contributed by atoms with Crippen LogP contribution in [0.3, 0.4) is 0 Å². The van der Waals surface area contributed by atoms with Crippen molar-refractivity contribution in [2.45, 2.75) is 6.61 Å². The zero-order valence-corrected chi connectivity index (χ0v) is 19.6. The second-order valence-corrected chi connectivity index (χ2v) is 6.93. The van der Waals surface area contributed by atoms with E-state index in [1.807, 2.05) is 42.4 Å².